The van der Waals surface area contributed by atoms with Crippen molar-refractivity contribution in [1.82, 2.24) is 9.78 Å². The van der Waals surface area contributed by atoms with E-state index < -0.39 is 21.1 Å². The Labute approximate surface area is 92.8 Å². The van der Waals surface area contributed by atoms with Gasteiger partial charge in [0.05, 0.1) is 11.4 Å². The van der Waals surface area contributed by atoms with Gasteiger partial charge in [0.15, 0.2) is 9.84 Å². The van der Waals surface area contributed by atoms with E-state index in [1.165, 1.54) is 17.8 Å². The van der Waals surface area contributed by atoms with Crippen molar-refractivity contribution in [1.29, 1.82) is 0 Å². The van der Waals surface area contributed by atoms with E-state index in [4.69, 9.17) is 5.11 Å². The summed E-state index contributed by atoms with van der Waals surface area (Å²) < 4.78 is 24.5. The molecule has 0 aromatic carbocycles. The van der Waals surface area contributed by atoms with Crippen LogP contribution >= 0.6 is 0 Å². The summed E-state index contributed by atoms with van der Waals surface area (Å²) in [5, 5.41) is 12.2. The van der Waals surface area contributed by atoms with E-state index in [1.54, 1.807) is 0 Å². The molecule has 0 saturated carbocycles. The number of hydrogen-bond acceptors (Lipinski definition) is 4. The molecular formula is C9H12N2O4S. The molecule has 1 aromatic rings. The molecule has 1 N–H and O–H groups in total. The topological polar surface area (TPSA) is 89.3 Å². The van der Waals surface area contributed by atoms with E-state index in [1.807, 2.05) is 0 Å². The number of carboxylic acids is 1. The molecule has 2 heterocycles. The largest absolute Gasteiger partial charge is 0.477 e. The van der Waals surface area contributed by atoms with Crippen LogP contribution in [0.1, 0.15) is 34.3 Å². The molecule has 88 valence electrons. The first kappa shape index (κ1) is 11.1. The molecule has 7 heteroatoms. The monoisotopic (exact) mass is 244 g/mol. The van der Waals surface area contributed by atoms with Gasteiger partial charge in [-0.3, -0.25) is 4.68 Å². The van der Waals surface area contributed by atoms with Crippen molar-refractivity contribution < 1.29 is 18.3 Å². The molecule has 0 aliphatic carbocycles. The number of nitrogens with zero attached hydrogens (tertiary/aromatic N) is 2. The average Bonchev–Trinajstić information content (AvgIpc) is 2.68. The second-order valence-electron chi connectivity index (χ2n) is 3.88. The number of sulfone groups is 1. The van der Waals surface area contributed by atoms with E-state index in [0.717, 1.165) is 0 Å². The molecule has 1 aliphatic rings. The zero-order valence-corrected chi connectivity index (χ0v) is 9.57. The number of carboxylic acid groups (broad SMARTS) is 1. The Morgan fingerprint density at radius 1 is 1.62 bits per heavy atom. The molecule has 1 aromatic heterocycles. The molecule has 0 spiro atoms. The first-order valence-electron chi connectivity index (χ1n) is 4.90. The minimum absolute atomic E-state index is 0.0112. The van der Waals surface area contributed by atoms with Gasteiger partial charge in [-0.2, -0.15) is 5.10 Å². The van der Waals surface area contributed by atoms with E-state index in [0.29, 0.717) is 18.5 Å². The smallest absolute Gasteiger partial charge is 0.354 e. The van der Waals surface area contributed by atoms with Crippen LogP contribution < -0.4 is 0 Å². The van der Waals surface area contributed by atoms with Gasteiger partial charge in [-0.05, 0) is 18.9 Å². The van der Waals surface area contributed by atoms with Gasteiger partial charge < -0.3 is 5.11 Å². The lowest BCUT2D eigenvalue weighted by molar-refractivity contribution is 0.0685. The molecule has 1 aliphatic heterocycles. The molecular weight excluding hydrogens is 232 g/mol. The zero-order valence-electron chi connectivity index (χ0n) is 8.75. The van der Waals surface area contributed by atoms with E-state index in [9.17, 15) is 13.2 Å². The Balaban J connectivity index is 2.42. The lowest BCUT2D eigenvalue weighted by Gasteiger charge is -2.03. The van der Waals surface area contributed by atoms with Crippen molar-refractivity contribution in [2.75, 3.05) is 5.75 Å². The summed E-state index contributed by atoms with van der Waals surface area (Å²) in [7, 11) is -1.64. The van der Waals surface area contributed by atoms with Crippen LogP contribution in [0.4, 0.5) is 0 Å². The van der Waals surface area contributed by atoms with Gasteiger partial charge in [0.25, 0.3) is 0 Å². The van der Waals surface area contributed by atoms with Crippen LogP contribution in [-0.2, 0) is 16.9 Å². The second kappa shape index (κ2) is 3.58. The lowest BCUT2D eigenvalue weighted by atomic mass is 10.2. The number of hydrogen-bond donors (Lipinski definition) is 1. The average molecular weight is 244 g/mol. The Morgan fingerprint density at radius 3 is 2.75 bits per heavy atom. The fraction of sp³-hybridized carbons (Fsp3) is 0.556. The highest BCUT2D eigenvalue weighted by molar-refractivity contribution is 7.91. The molecule has 1 fully saturated rings. The van der Waals surface area contributed by atoms with Crippen molar-refractivity contribution in [3.05, 3.63) is 17.5 Å². The van der Waals surface area contributed by atoms with Gasteiger partial charge in [0.2, 0.25) is 0 Å². The number of aryl methyl sites for hydroxylation is 1. The van der Waals surface area contributed by atoms with Crippen molar-refractivity contribution >= 4 is 15.8 Å². The van der Waals surface area contributed by atoms with Gasteiger partial charge in [-0.25, -0.2) is 13.2 Å². The summed E-state index contributed by atoms with van der Waals surface area (Å²) in [5.41, 5.74) is 0.356. The normalized spacial score (nSPS) is 23.4. The summed E-state index contributed by atoms with van der Waals surface area (Å²) in [6.45, 7) is 0. The van der Waals surface area contributed by atoms with Gasteiger partial charge in [0, 0.05) is 7.05 Å². The maximum absolute atomic E-state index is 11.7. The molecule has 6 nitrogen and oxygen atoms in total. The summed E-state index contributed by atoms with van der Waals surface area (Å²) in [6.07, 6.45) is 1.14. The third-order valence-electron chi connectivity index (χ3n) is 2.78. The standard InChI is InChI=1S/C9H12N2O4S/c1-11-7(9(12)13)5-6(10-11)8-3-2-4-16(8,14)15/h5,8H,2-4H2,1H3,(H,12,13). The van der Waals surface area contributed by atoms with Crippen LogP contribution in [0.25, 0.3) is 0 Å². The highest BCUT2D eigenvalue weighted by atomic mass is 32.2. The molecule has 16 heavy (non-hydrogen) atoms. The summed E-state index contributed by atoms with van der Waals surface area (Å²) in [5.74, 6) is -0.937. The molecule has 1 saturated heterocycles. The Hall–Kier alpha value is -1.37. The quantitative estimate of drug-likeness (QED) is 0.811. The first-order chi connectivity index (χ1) is 7.42. The van der Waals surface area contributed by atoms with Crippen molar-refractivity contribution in [3.63, 3.8) is 0 Å². The highest BCUT2D eigenvalue weighted by Gasteiger charge is 2.35. The first-order valence-corrected chi connectivity index (χ1v) is 6.62. The zero-order chi connectivity index (χ0) is 11.9. The summed E-state index contributed by atoms with van der Waals surface area (Å²) in [6, 6.07) is 1.34. The summed E-state index contributed by atoms with van der Waals surface area (Å²) >= 11 is 0. The maximum Gasteiger partial charge on any atom is 0.354 e. The van der Waals surface area contributed by atoms with Crippen LogP contribution in [0.5, 0.6) is 0 Å². The van der Waals surface area contributed by atoms with E-state index in [2.05, 4.69) is 5.10 Å². The fourth-order valence-corrected chi connectivity index (χ4v) is 3.83. The third-order valence-corrected chi connectivity index (χ3v) is 4.98. The molecule has 1 unspecified atom stereocenters. The Bertz CT molecular complexity index is 532. The number of aromatic nitrogens is 2. The van der Waals surface area contributed by atoms with Crippen LogP contribution in [0.3, 0.4) is 0 Å². The number of carbonyl (C=O) groups is 1. The molecule has 0 bridgehead atoms. The molecule has 0 radical (unpaired) electrons. The van der Waals surface area contributed by atoms with Crippen molar-refractivity contribution in [3.8, 4) is 0 Å². The molecule has 2 rings (SSSR count). The fourth-order valence-electron chi connectivity index (χ4n) is 1.97. The number of rotatable bonds is 2. The SMILES string of the molecule is Cn1nc(C2CCCS2(=O)=O)cc1C(=O)O. The Kier molecular flexibility index (Phi) is 2.49. The minimum atomic E-state index is -3.14. The van der Waals surface area contributed by atoms with Crippen LogP contribution in [0.2, 0.25) is 0 Å². The van der Waals surface area contributed by atoms with Crippen LogP contribution in [-0.4, -0.2) is 35.0 Å². The van der Waals surface area contributed by atoms with Gasteiger partial charge >= 0.3 is 5.97 Å². The van der Waals surface area contributed by atoms with Gasteiger partial charge in [-0.15, -0.1) is 0 Å². The van der Waals surface area contributed by atoms with Crippen LogP contribution in [0, 0.1) is 0 Å². The van der Waals surface area contributed by atoms with Gasteiger partial charge in [0.1, 0.15) is 10.9 Å². The van der Waals surface area contributed by atoms with E-state index >= 15 is 0 Å². The maximum atomic E-state index is 11.7. The minimum Gasteiger partial charge on any atom is -0.477 e. The number of aromatic carboxylic acids is 1. The second-order valence-corrected chi connectivity index (χ2v) is 6.18. The predicted octanol–water partition coefficient (Wildman–Crippen LogP) is 0.368. The van der Waals surface area contributed by atoms with Crippen molar-refractivity contribution in [2.24, 2.45) is 7.05 Å². The third kappa shape index (κ3) is 1.71. The summed E-state index contributed by atoms with van der Waals surface area (Å²) in [4.78, 5) is 10.8. The van der Waals surface area contributed by atoms with Crippen molar-refractivity contribution in [2.45, 2.75) is 18.1 Å². The van der Waals surface area contributed by atoms with Crippen LogP contribution in [0.15, 0.2) is 6.07 Å². The predicted molar refractivity (Wildman–Crippen MR) is 55.9 cm³/mol. The Morgan fingerprint density at radius 2 is 2.31 bits per heavy atom. The molecule has 1 atom stereocenters. The van der Waals surface area contributed by atoms with Gasteiger partial charge in [-0.1, -0.05) is 0 Å². The lowest BCUT2D eigenvalue weighted by Crippen LogP contribution is -2.09. The molecule has 0 amide bonds. The van der Waals surface area contributed by atoms with E-state index in [-0.39, 0.29) is 11.4 Å². The highest BCUT2D eigenvalue weighted by Crippen LogP contribution is 2.33.